The van der Waals surface area contributed by atoms with Gasteiger partial charge in [-0.15, -0.1) is 0 Å². The Hall–Kier alpha value is -0.593. The summed E-state index contributed by atoms with van der Waals surface area (Å²) in [6, 6.07) is 0. The maximum Gasteiger partial charge on any atom is 0.407 e. The molecule has 0 heterocycles. The minimum absolute atomic E-state index is 0.168. The van der Waals surface area contributed by atoms with Crippen LogP contribution in [0.1, 0.15) is 34.1 Å². The number of hydrogen-bond donors (Lipinski definition) is 2. The van der Waals surface area contributed by atoms with E-state index < -0.39 is 20.5 Å². The van der Waals surface area contributed by atoms with Crippen molar-refractivity contribution in [3.8, 4) is 0 Å². The van der Waals surface area contributed by atoms with Crippen molar-refractivity contribution in [3.05, 3.63) is 0 Å². The summed E-state index contributed by atoms with van der Waals surface area (Å²) in [5.74, 6) is 0. The SMILES string of the molecule is CCOC(=O)NC[C@H](O)CCO[Si](C)(C)C(C)(C)C. The van der Waals surface area contributed by atoms with E-state index >= 15 is 0 Å². The molecule has 0 aromatic rings. The second kappa shape index (κ2) is 7.87. The lowest BCUT2D eigenvalue weighted by Crippen LogP contribution is -2.41. The summed E-state index contributed by atoms with van der Waals surface area (Å²) in [6.07, 6.45) is -0.583. The molecule has 0 aromatic carbocycles. The molecule has 0 radical (unpaired) electrons. The number of rotatable bonds is 7. The Labute approximate surface area is 117 Å². The van der Waals surface area contributed by atoms with E-state index in [9.17, 15) is 9.90 Å². The van der Waals surface area contributed by atoms with Gasteiger partial charge in [0.1, 0.15) is 0 Å². The zero-order chi connectivity index (χ0) is 15.1. The molecule has 19 heavy (non-hydrogen) atoms. The van der Waals surface area contributed by atoms with Crippen molar-refractivity contribution in [2.75, 3.05) is 19.8 Å². The summed E-state index contributed by atoms with van der Waals surface area (Å²) in [6.45, 7) is 13.7. The summed E-state index contributed by atoms with van der Waals surface area (Å²) >= 11 is 0. The van der Waals surface area contributed by atoms with Crippen molar-refractivity contribution in [3.63, 3.8) is 0 Å². The van der Waals surface area contributed by atoms with Crippen LogP contribution >= 0.6 is 0 Å². The summed E-state index contributed by atoms with van der Waals surface area (Å²) in [7, 11) is -1.75. The number of aliphatic hydroxyl groups is 1. The van der Waals surface area contributed by atoms with Crippen molar-refractivity contribution in [2.24, 2.45) is 0 Å². The molecule has 0 unspecified atom stereocenters. The first-order valence-electron chi connectivity index (χ1n) is 6.83. The van der Waals surface area contributed by atoms with Gasteiger partial charge in [0.25, 0.3) is 0 Å². The molecule has 0 fully saturated rings. The topological polar surface area (TPSA) is 67.8 Å². The highest BCUT2D eigenvalue weighted by molar-refractivity contribution is 6.74. The predicted octanol–water partition coefficient (Wildman–Crippen LogP) is 2.51. The van der Waals surface area contributed by atoms with Crippen molar-refractivity contribution < 1.29 is 19.1 Å². The van der Waals surface area contributed by atoms with Gasteiger partial charge in [-0.3, -0.25) is 0 Å². The standard InChI is InChI=1S/C13H29NO4Si/c1-7-17-12(16)14-10-11(15)8-9-18-19(5,6)13(2,3)4/h11,15H,7-10H2,1-6H3,(H,14,16)/t11-/m1/s1. The van der Waals surface area contributed by atoms with Crippen molar-refractivity contribution >= 4 is 14.4 Å². The van der Waals surface area contributed by atoms with Gasteiger partial charge in [0.2, 0.25) is 0 Å². The smallest absolute Gasteiger partial charge is 0.407 e. The molecular formula is C13H29NO4Si. The van der Waals surface area contributed by atoms with Crippen molar-refractivity contribution in [1.82, 2.24) is 5.32 Å². The first-order valence-corrected chi connectivity index (χ1v) is 9.73. The van der Waals surface area contributed by atoms with Crippen molar-refractivity contribution in [1.29, 1.82) is 0 Å². The number of carbonyl (C=O) groups excluding carboxylic acids is 1. The van der Waals surface area contributed by atoms with Crippen LogP contribution < -0.4 is 5.32 Å². The Balaban J connectivity index is 3.86. The molecule has 0 saturated carbocycles. The molecule has 0 rings (SSSR count). The molecule has 5 nitrogen and oxygen atoms in total. The van der Waals surface area contributed by atoms with Crippen LogP contribution in [0.4, 0.5) is 4.79 Å². The number of hydrogen-bond acceptors (Lipinski definition) is 4. The predicted molar refractivity (Wildman–Crippen MR) is 78.8 cm³/mol. The summed E-state index contributed by atoms with van der Waals surface area (Å²) < 4.78 is 10.7. The van der Waals surface area contributed by atoms with E-state index in [1.807, 2.05) is 0 Å². The van der Waals surface area contributed by atoms with Crippen LogP contribution in [-0.2, 0) is 9.16 Å². The lowest BCUT2D eigenvalue weighted by Gasteiger charge is -2.36. The first kappa shape index (κ1) is 18.4. The molecule has 0 spiro atoms. The molecule has 0 aliphatic heterocycles. The zero-order valence-electron chi connectivity index (χ0n) is 13.1. The normalized spacial score (nSPS) is 14.1. The van der Waals surface area contributed by atoms with Crippen LogP contribution in [0.5, 0.6) is 0 Å². The van der Waals surface area contributed by atoms with Crippen LogP contribution in [0.2, 0.25) is 18.1 Å². The van der Waals surface area contributed by atoms with Crippen LogP contribution in [0, 0.1) is 0 Å². The highest BCUT2D eigenvalue weighted by atomic mass is 28.4. The molecular weight excluding hydrogens is 262 g/mol. The van der Waals surface area contributed by atoms with Gasteiger partial charge in [0.15, 0.2) is 8.32 Å². The first-order chi connectivity index (χ1) is 8.60. The van der Waals surface area contributed by atoms with Gasteiger partial charge in [-0.2, -0.15) is 0 Å². The fourth-order valence-electron chi connectivity index (χ4n) is 1.15. The molecule has 6 heteroatoms. The number of carbonyl (C=O) groups is 1. The third-order valence-corrected chi connectivity index (χ3v) is 8.02. The van der Waals surface area contributed by atoms with E-state index in [0.29, 0.717) is 19.6 Å². The van der Waals surface area contributed by atoms with Crippen LogP contribution in [0.3, 0.4) is 0 Å². The molecule has 114 valence electrons. The van der Waals surface area contributed by atoms with Gasteiger partial charge in [0.05, 0.1) is 12.7 Å². The van der Waals surface area contributed by atoms with Gasteiger partial charge in [-0.25, -0.2) is 4.79 Å². The third kappa shape index (κ3) is 7.54. The average molecular weight is 291 g/mol. The summed E-state index contributed by atoms with van der Waals surface area (Å²) in [5.41, 5.74) is 0. The second-order valence-electron chi connectivity index (χ2n) is 6.15. The molecule has 1 atom stereocenters. The lowest BCUT2D eigenvalue weighted by molar-refractivity contribution is 0.118. The maximum atomic E-state index is 11.0. The quantitative estimate of drug-likeness (QED) is 0.707. The van der Waals surface area contributed by atoms with E-state index in [-0.39, 0.29) is 11.6 Å². The summed E-state index contributed by atoms with van der Waals surface area (Å²) in [5, 5.41) is 12.4. The van der Waals surface area contributed by atoms with Gasteiger partial charge in [-0.05, 0) is 31.5 Å². The monoisotopic (exact) mass is 291 g/mol. The van der Waals surface area contributed by atoms with Gasteiger partial charge >= 0.3 is 6.09 Å². The molecule has 0 aliphatic rings. The molecule has 0 bridgehead atoms. The van der Waals surface area contributed by atoms with Crippen molar-refractivity contribution in [2.45, 2.75) is 58.4 Å². The van der Waals surface area contributed by atoms with E-state index in [2.05, 4.69) is 39.2 Å². The third-order valence-electron chi connectivity index (χ3n) is 3.48. The summed E-state index contributed by atoms with van der Waals surface area (Å²) in [4.78, 5) is 11.0. The Morgan fingerprint density at radius 1 is 1.37 bits per heavy atom. The van der Waals surface area contributed by atoms with Crippen LogP contribution in [-0.4, -0.2) is 45.4 Å². The van der Waals surface area contributed by atoms with Gasteiger partial charge in [0, 0.05) is 13.2 Å². The van der Waals surface area contributed by atoms with E-state index in [1.165, 1.54) is 0 Å². The molecule has 2 N–H and O–H groups in total. The van der Waals surface area contributed by atoms with E-state index in [0.717, 1.165) is 0 Å². The number of nitrogens with one attached hydrogen (secondary N) is 1. The Kier molecular flexibility index (Phi) is 7.62. The maximum absolute atomic E-state index is 11.0. The molecule has 0 saturated heterocycles. The highest BCUT2D eigenvalue weighted by Gasteiger charge is 2.36. The van der Waals surface area contributed by atoms with E-state index in [4.69, 9.17) is 9.16 Å². The Morgan fingerprint density at radius 3 is 2.42 bits per heavy atom. The van der Waals surface area contributed by atoms with Gasteiger partial charge in [-0.1, -0.05) is 20.8 Å². The number of aliphatic hydroxyl groups excluding tert-OH is 1. The number of amides is 1. The zero-order valence-corrected chi connectivity index (χ0v) is 14.1. The Bertz CT molecular complexity index is 276. The largest absolute Gasteiger partial charge is 0.450 e. The minimum Gasteiger partial charge on any atom is -0.450 e. The highest BCUT2D eigenvalue weighted by Crippen LogP contribution is 2.36. The molecule has 0 aromatic heterocycles. The molecule has 0 aliphatic carbocycles. The second-order valence-corrected chi connectivity index (χ2v) is 11.0. The molecule has 1 amide bonds. The minimum atomic E-state index is -1.75. The van der Waals surface area contributed by atoms with Crippen LogP contribution in [0.15, 0.2) is 0 Å². The number of ether oxygens (including phenoxy) is 1. The van der Waals surface area contributed by atoms with E-state index in [1.54, 1.807) is 6.92 Å². The fraction of sp³-hybridized carbons (Fsp3) is 0.923. The van der Waals surface area contributed by atoms with Gasteiger partial charge < -0.3 is 19.6 Å². The number of alkyl carbamates (subject to hydrolysis) is 1. The lowest BCUT2D eigenvalue weighted by atomic mass is 10.2. The fourth-order valence-corrected chi connectivity index (χ4v) is 2.21. The van der Waals surface area contributed by atoms with Crippen LogP contribution in [0.25, 0.3) is 0 Å². The Morgan fingerprint density at radius 2 is 1.95 bits per heavy atom. The average Bonchev–Trinajstić information content (AvgIpc) is 2.25.